The minimum absolute atomic E-state index is 0.0172. The zero-order valence-corrected chi connectivity index (χ0v) is 17.7. The maximum atomic E-state index is 12.2. The van der Waals surface area contributed by atoms with Crippen molar-refractivity contribution in [1.82, 2.24) is 19.9 Å². The minimum Gasteiger partial charge on any atom is -0.356 e. The van der Waals surface area contributed by atoms with Crippen LogP contribution in [0.3, 0.4) is 0 Å². The van der Waals surface area contributed by atoms with Gasteiger partial charge in [-0.15, -0.1) is 0 Å². The Balaban J connectivity index is 1.52. The van der Waals surface area contributed by atoms with Crippen molar-refractivity contribution in [1.29, 1.82) is 5.26 Å². The molecule has 9 heteroatoms. The van der Waals surface area contributed by atoms with Crippen LogP contribution in [-0.2, 0) is 21.1 Å². The van der Waals surface area contributed by atoms with E-state index >= 15 is 0 Å². The van der Waals surface area contributed by atoms with E-state index in [-0.39, 0.29) is 18.1 Å². The van der Waals surface area contributed by atoms with Crippen LogP contribution >= 0.6 is 0 Å². The number of rotatable bonds is 8. The Kier molecular flexibility index (Phi) is 6.47. The smallest absolute Gasteiger partial charge is 0.220 e. The molecule has 0 saturated carbocycles. The summed E-state index contributed by atoms with van der Waals surface area (Å²) >= 11 is 0. The van der Waals surface area contributed by atoms with E-state index in [1.807, 2.05) is 13.8 Å². The van der Waals surface area contributed by atoms with Gasteiger partial charge < -0.3 is 5.32 Å². The van der Waals surface area contributed by atoms with E-state index in [0.29, 0.717) is 35.5 Å². The molecule has 0 fully saturated rings. The van der Waals surface area contributed by atoms with Crippen LogP contribution in [0.2, 0.25) is 0 Å². The van der Waals surface area contributed by atoms with Crippen molar-refractivity contribution in [2.75, 3.05) is 12.3 Å². The van der Waals surface area contributed by atoms with Gasteiger partial charge in [-0.25, -0.2) is 17.9 Å². The van der Waals surface area contributed by atoms with Crippen LogP contribution in [0.1, 0.15) is 35.4 Å². The molecule has 0 spiro atoms. The molecule has 30 heavy (non-hydrogen) atoms. The Labute approximate surface area is 175 Å². The molecule has 1 N–H and O–H groups in total. The molecule has 0 aliphatic carbocycles. The molecule has 3 rings (SSSR count). The van der Waals surface area contributed by atoms with Crippen molar-refractivity contribution in [3.05, 3.63) is 59.0 Å². The molecule has 0 saturated heterocycles. The van der Waals surface area contributed by atoms with Gasteiger partial charge in [0.15, 0.2) is 15.5 Å². The van der Waals surface area contributed by atoms with Crippen LogP contribution in [-0.4, -0.2) is 41.2 Å². The number of amides is 1. The summed E-state index contributed by atoms with van der Waals surface area (Å²) in [6.45, 7) is 4.03. The number of hydrogen-bond acceptors (Lipinski definition) is 6. The Bertz CT molecular complexity index is 1210. The number of nitrogens with zero attached hydrogens (tertiary/aromatic N) is 4. The van der Waals surface area contributed by atoms with Crippen LogP contribution in [0.15, 0.2) is 41.4 Å². The lowest BCUT2D eigenvalue weighted by atomic mass is 10.1. The molecule has 8 nitrogen and oxygen atoms in total. The third kappa shape index (κ3) is 4.66. The Morgan fingerprint density at radius 2 is 1.97 bits per heavy atom. The fraction of sp³-hybridized carbons (Fsp3) is 0.333. The average molecular weight is 426 g/mol. The maximum absolute atomic E-state index is 12.2. The summed E-state index contributed by atoms with van der Waals surface area (Å²) in [7, 11) is -3.34. The number of carbonyl (C=O) groups is 1. The van der Waals surface area contributed by atoms with E-state index in [9.17, 15) is 13.2 Å². The molecule has 1 amide bonds. The Morgan fingerprint density at radius 3 is 2.67 bits per heavy atom. The number of carbonyl (C=O) groups excluding carboxylic acids is 1. The number of aryl methyl sites for hydroxylation is 2. The first-order valence-corrected chi connectivity index (χ1v) is 11.3. The standard InChI is InChI=1S/C21H23N5O3S/c1-15-19(16(2)26-21(25-15)17(13-22)14-24-26)9-10-20(27)23-11-6-12-30(28,29)18-7-4-3-5-8-18/h3-5,7-8,14H,6,9-12H2,1-2H3,(H,23,27). The van der Waals surface area contributed by atoms with Gasteiger partial charge in [-0.3, -0.25) is 4.79 Å². The molecular formula is C21H23N5O3S. The topological polar surface area (TPSA) is 117 Å². The summed E-state index contributed by atoms with van der Waals surface area (Å²) in [6, 6.07) is 10.4. The molecular weight excluding hydrogens is 402 g/mol. The fourth-order valence-corrected chi connectivity index (χ4v) is 4.65. The molecule has 0 bridgehead atoms. The number of benzene rings is 1. The van der Waals surface area contributed by atoms with Gasteiger partial charge in [0.05, 0.1) is 16.8 Å². The highest BCUT2D eigenvalue weighted by molar-refractivity contribution is 7.91. The van der Waals surface area contributed by atoms with E-state index in [2.05, 4.69) is 21.5 Å². The third-order valence-electron chi connectivity index (χ3n) is 4.95. The summed E-state index contributed by atoms with van der Waals surface area (Å²) in [5.74, 6) is -0.166. The molecule has 156 valence electrons. The number of hydrogen-bond donors (Lipinski definition) is 1. The van der Waals surface area contributed by atoms with Gasteiger partial charge in [0, 0.05) is 24.4 Å². The second-order valence-electron chi connectivity index (χ2n) is 7.00. The third-order valence-corrected chi connectivity index (χ3v) is 6.76. The van der Waals surface area contributed by atoms with Crippen molar-refractivity contribution in [2.45, 2.75) is 38.0 Å². The fourth-order valence-electron chi connectivity index (χ4n) is 3.31. The van der Waals surface area contributed by atoms with Gasteiger partial charge >= 0.3 is 0 Å². The van der Waals surface area contributed by atoms with E-state index < -0.39 is 9.84 Å². The van der Waals surface area contributed by atoms with Crippen molar-refractivity contribution in [3.63, 3.8) is 0 Å². The van der Waals surface area contributed by atoms with E-state index in [1.54, 1.807) is 34.8 Å². The molecule has 0 aliphatic heterocycles. The van der Waals surface area contributed by atoms with Gasteiger partial charge in [0.2, 0.25) is 5.91 Å². The van der Waals surface area contributed by atoms with Gasteiger partial charge in [-0.1, -0.05) is 18.2 Å². The molecule has 2 aromatic heterocycles. The molecule has 2 heterocycles. The zero-order chi connectivity index (χ0) is 21.7. The average Bonchev–Trinajstić information content (AvgIpc) is 3.14. The van der Waals surface area contributed by atoms with Crippen LogP contribution in [0.25, 0.3) is 5.65 Å². The van der Waals surface area contributed by atoms with E-state index in [0.717, 1.165) is 17.0 Å². The first kappa shape index (κ1) is 21.5. The highest BCUT2D eigenvalue weighted by Crippen LogP contribution is 2.18. The van der Waals surface area contributed by atoms with Crippen LogP contribution in [0.4, 0.5) is 0 Å². The predicted octanol–water partition coefficient (Wildman–Crippen LogP) is 2.13. The number of sulfone groups is 1. The lowest BCUT2D eigenvalue weighted by Crippen LogP contribution is -2.26. The van der Waals surface area contributed by atoms with Crippen molar-refractivity contribution in [3.8, 4) is 6.07 Å². The van der Waals surface area contributed by atoms with Gasteiger partial charge in [-0.05, 0) is 44.4 Å². The van der Waals surface area contributed by atoms with Gasteiger partial charge in [0.25, 0.3) is 0 Å². The van der Waals surface area contributed by atoms with Gasteiger partial charge in [-0.2, -0.15) is 10.4 Å². The summed E-state index contributed by atoms with van der Waals surface area (Å²) in [4.78, 5) is 17.0. The van der Waals surface area contributed by atoms with E-state index in [4.69, 9.17) is 5.26 Å². The molecule has 0 aliphatic rings. The summed E-state index contributed by atoms with van der Waals surface area (Å²) in [5, 5.41) is 16.1. The zero-order valence-electron chi connectivity index (χ0n) is 16.9. The summed E-state index contributed by atoms with van der Waals surface area (Å²) in [5.41, 5.74) is 3.45. The maximum Gasteiger partial charge on any atom is 0.220 e. The van der Waals surface area contributed by atoms with Gasteiger partial charge in [0.1, 0.15) is 11.6 Å². The molecule has 0 radical (unpaired) electrons. The SMILES string of the molecule is Cc1nc2c(C#N)cnn2c(C)c1CCC(=O)NCCCS(=O)(=O)c1ccccc1. The monoisotopic (exact) mass is 425 g/mol. The molecule has 1 aromatic carbocycles. The first-order valence-electron chi connectivity index (χ1n) is 9.62. The second kappa shape index (κ2) is 9.05. The lowest BCUT2D eigenvalue weighted by molar-refractivity contribution is -0.121. The Hall–Kier alpha value is -3.25. The number of nitrogens with one attached hydrogen (secondary N) is 1. The number of nitriles is 1. The molecule has 3 aromatic rings. The Morgan fingerprint density at radius 1 is 1.23 bits per heavy atom. The van der Waals surface area contributed by atoms with Crippen molar-refractivity contribution in [2.24, 2.45) is 0 Å². The normalized spacial score (nSPS) is 11.4. The minimum atomic E-state index is -3.34. The van der Waals surface area contributed by atoms with Crippen molar-refractivity contribution < 1.29 is 13.2 Å². The highest BCUT2D eigenvalue weighted by Gasteiger charge is 2.16. The van der Waals surface area contributed by atoms with Crippen LogP contribution in [0, 0.1) is 25.2 Å². The summed E-state index contributed by atoms with van der Waals surface area (Å²) in [6.07, 6.45) is 2.57. The quantitative estimate of drug-likeness (QED) is 0.553. The first-order chi connectivity index (χ1) is 14.3. The molecule has 0 atom stereocenters. The van der Waals surface area contributed by atoms with Crippen LogP contribution in [0.5, 0.6) is 0 Å². The second-order valence-corrected chi connectivity index (χ2v) is 9.11. The van der Waals surface area contributed by atoms with Crippen LogP contribution < -0.4 is 5.32 Å². The largest absolute Gasteiger partial charge is 0.356 e. The van der Waals surface area contributed by atoms with Crippen molar-refractivity contribution >= 4 is 21.4 Å². The predicted molar refractivity (Wildman–Crippen MR) is 112 cm³/mol. The molecule has 0 unspecified atom stereocenters. The van der Waals surface area contributed by atoms with E-state index in [1.165, 1.54) is 6.20 Å². The lowest BCUT2D eigenvalue weighted by Gasteiger charge is -2.11. The highest BCUT2D eigenvalue weighted by atomic mass is 32.2. The number of fused-ring (bicyclic) bond motifs is 1. The summed E-state index contributed by atoms with van der Waals surface area (Å²) < 4.78 is 26.1. The number of aromatic nitrogens is 3.